The van der Waals surface area contributed by atoms with Crippen molar-refractivity contribution in [3.63, 3.8) is 0 Å². The fourth-order valence-corrected chi connectivity index (χ4v) is 4.65. The topological polar surface area (TPSA) is 12.0 Å². The van der Waals surface area contributed by atoms with Gasteiger partial charge in [-0.25, -0.2) is 0 Å². The molecule has 1 aliphatic rings. The molecule has 0 aliphatic heterocycles. The molecular weight excluding hydrogens is 318 g/mol. The van der Waals surface area contributed by atoms with Crippen molar-refractivity contribution in [1.29, 1.82) is 0 Å². The van der Waals surface area contributed by atoms with E-state index in [4.69, 9.17) is 0 Å². The van der Waals surface area contributed by atoms with E-state index >= 15 is 0 Å². The summed E-state index contributed by atoms with van der Waals surface area (Å²) in [4.78, 5) is 1.39. The third-order valence-electron chi connectivity index (χ3n) is 3.86. The summed E-state index contributed by atoms with van der Waals surface area (Å²) in [7, 11) is 0. The molecule has 0 radical (unpaired) electrons. The molecule has 3 rings (SSSR count). The Balaban J connectivity index is 1.80. The average Bonchev–Trinajstić information content (AvgIpc) is 2.85. The highest BCUT2D eigenvalue weighted by molar-refractivity contribution is 9.10. The first-order valence-corrected chi connectivity index (χ1v) is 8.49. The largest absolute Gasteiger partial charge is 0.303 e. The van der Waals surface area contributed by atoms with Crippen LogP contribution in [0, 0.1) is 0 Å². The first-order chi connectivity index (χ1) is 9.25. The molecule has 2 atom stereocenters. The fraction of sp³-hybridized carbons (Fsp3) is 0.375. The quantitative estimate of drug-likeness (QED) is 0.808. The van der Waals surface area contributed by atoms with Crippen molar-refractivity contribution in [2.75, 3.05) is 0 Å². The lowest BCUT2D eigenvalue weighted by atomic mass is 9.87. The Morgan fingerprint density at radius 2 is 2.16 bits per heavy atom. The van der Waals surface area contributed by atoms with Crippen LogP contribution >= 0.6 is 27.3 Å². The van der Waals surface area contributed by atoms with Crippen LogP contribution in [0.25, 0.3) is 0 Å². The van der Waals surface area contributed by atoms with Gasteiger partial charge in [-0.05, 0) is 64.7 Å². The van der Waals surface area contributed by atoms with E-state index in [0.29, 0.717) is 12.1 Å². The van der Waals surface area contributed by atoms with E-state index in [1.165, 1.54) is 39.7 Å². The Kier molecular flexibility index (Phi) is 4.06. The molecular formula is C16H18BrNS. The van der Waals surface area contributed by atoms with Gasteiger partial charge in [0.05, 0.1) is 0 Å². The van der Waals surface area contributed by atoms with Gasteiger partial charge in [0, 0.05) is 21.4 Å². The summed E-state index contributed by atoms with van der Waals surface area (Å²) in [5, 5.41) is 5.94. The van der Waals surface area contributed by atoms with Gasteiger partial charge >= 0.3 is 0 Å². The number of hydrogen-bond acceptors (Lipinski definition) is 2. The molecule has 0 bridgehead atoms. The molecule has 19 heavy (non-hydrogen) atoms. The van der Waals surface area contributed by atoms with Crippen molar-refractivity contribution in [3.05, 3.63) is 56.2 Å². The maximum absolute atomic E-state index is 3.80. The van der Waals surface area contributed by atoms with Crippen molar-refractivity contribution in [1.82, 2.24) is 5.32 Å². The highest BCUT2D eigenvalue weighted by atomic mass is 79.9. The van der Waals surface area contributed by atoms with Crippen LogP contribution in [-0.2, 0) is 6.42 Å². The molecule has 1 N–H and O–H groups in total. The number of halogens is 1. The Hall–Kier alpha value is -0.640. The summed E-state index contributed by atoms with van der Waals surface area (Å²) in [5.74, 6) is 0. The Labute approximate surface area is 127 Å². The van der Waals surface area contributed by atoms with Gasteiger partial charge in [-0.1, -0.05) is 24.3 Å². The monoisotopic (exact) mass is 335 g/mol. The van der Waals surface area contributed by atoms with E-state index in [1.54, 1.807) is 0 Å². The summed E-state index contributed by atoms with van der Waals surface area (Å²) < 4.78 is 1.22. The van der Waals surface area contributed by atoms with Crippen molar-refractivity contribution >= 4 is 27.3 Å². The Morgan fingerprint density at radius 1 is 1.32 bits per heavy atom. The molecule has 3 heteroatoms. The standard InChI is InChI=1S/C16H18BrNS/c1-11(16-14(17)9-10-19-16)18-15-8-4-6-12-5-2-3-7-13(12)15/h2-3,5,7,9-11,15,18H,4,6,8H2,1H3. The van der Waals surface area contributed by atoms with E-state index in [2.05, 4.69) is 63.9 Å². The molecule has 1 nitrogen and oxygen atoms in total. The SMILES string of the molecule is CC(NC1CCCc2ccccc21)c1sccc1Br. The van der Waals surface area contributed by atoms with Crippen LogP contribution in [0.4, 0.5) is 0 Å². The zero-order valence-electron chi connectivity index (χ0n) is 11.0. The van der Waals surface area contributed by atoms with Crippen molar-refractivity contribution in [2.24, 2.45) is 0 Å². The summed E-state index contributed by atoms with van der Waals surface area (Å²) in [5.41, 5.74) is 3.01. The van der Waals surface area contributed by atoms with E-state index in [-0.39, 0.29) is 0 Å². The zero-order valence-corrected chi connectivity index (χ0v) is 13.4. The van der Waals surface area contributed by atoms with Gasteiger partial charge in [-0.15, -0.1) is 11.3 Å². The highest BCUT2D eigenvalue weighted by Crippen LogP contribution is 2.34. The second-order valence-corrected chi connectivity index (χ2v) is 6.97. The predicted octanol–water partition coefficient (Wildman–Crippen LogP) is 5.24. The van der Waals surface area contributed by atoms with Gasteiger partial charge in [0.1, 0.15) is 0 Å². The molecule has 0 spiro atoms. The van der Waals surface area contributed by atoms with Crippen LogP contribution in [0.5, 0.6) is 0 Å². The summed E-state index contributed by atoms with van der Waals surface area (Å²) in [6, 6.07) is 11.9. The molecule has 0 amide bonds. The molecule has 1 heterocycles. The van der Waals surface area contributed by atoms with Crippen molar-refractivity contribution in [2.45, 2.75) is 38.3 Å². The minimum atomic E-state index is 0.394. The van der Waals surface area contributed by atoms with Crippen LogP contribution in [0.2, 0.25) is 0 Å². The number of fused-ring (bicyclic) bond motifs is 1. The molecule has 1 aromatic carbocycles. The van der Waals surface area contributed by atoms with Gasteiger partial charge in [0.25, 0.3) is 0 Å². The number of hydrogen-bond donors (Lipinski definition) is 1. The molecule has 0 saturated heterocycles. The lowest BCUT2D eigenvalue weighted by Crippen LogP contribution is -2.27. The maximum Gasteiger partial charge on any atom is 0.0402 e. The number of rotatable bonds is 3. The lowest BCUT2D eigenvalue weighted by Gasteiger charge is -2.29. The van der Waals surface area contributed by atoms with Gasteiger partial charge in [-0.2, -0.15) is 0 Å². The molecule has 1 aliphatic carbocycles. The van der Waals surface area contributed by atoms with Crippen LogP contribution in [0.1, 0.15) is 47.9 Å². The second-order valence-electron chi connectivity index (χ2n) is 5.16. The minimum absolute atomic E-state index is 0.394. The van der Waals surface area contributed by atoms with E-state index < -0.39 is 0 Å². The number of nitrogens with one attached hydrogen (secondary N) is 1. The predicted molar refractivity (Wildman–Crippen MR) is 85.7 cm³/mol. The molecule has 0 saturated carbocycles. The van der Waals surface area contributed by atoms with E-state index in [0.717, 1.165) is 0 Å². The van der Waals surface area contributed by atoms with Crippen LogP contribution in [0.15, 0.2) is 40.2 Å². The maximum atomic E-state index is 3.80. The summed E-state index contributed by atoms with van der Waals surface area (Å²) in [6.45, 7) is 2.26. The van der Waals surface area contributed by atoms with Gasteiger partial charge in [0.2, 0.25) is 0 Å². The van der Waals surface area contributed by atoms with E-state index in [9.17, 15) is 0 Å². The van der Waals surface area contributed by atoms with Gasteiger partial charge in [-0.3, -0.25) is 0 Å². The van der Waals surface area contributed by atoms with Gasteiger partial charge < -0.3 is 5.32 Å². The van der Waals surface area contributed by atoms with Crippen molar-refractivity contribution in [3.8, 4) is 0 Å². The third kappa shape index (κ3) is 2.78. The molecule has 1 aromatic heterocycles. The Bertz CT molecular complexity index is 563. The normalized spacial score (nSPS) is 20.0. The van der Waals surface area contributed by atoms with Crippen molar-refractivity contribution < 1.29 is 0 Å². The highest BCUT2D eigenvalue weighted by Gasteiger charge is 2.22. The number of thiophene rings is 1. The molecule has 2 unspecified atom stereocenters. The number of aryl methyl sites for hydroxylation is 1. The van der Waals surface area contributed by atoms with Crippen LogP contribution in [-0.4, -0.2) is 0 Å². The lowest BCUT2D eigenvalue weighted by molar-refractivity contribution is 0.418. The molecule has 2 aromatic rings. The zero-order chi connectivity index (χ0) is 13.2. The summed E-state index contributed by atoms with van der Waals surface area (Å²) in [6.07, 6.45) is 3.75. The summed E-state index contributed by atoms with van der Waals surface area (Å²) >= 11 is 5.45. The smallest absolute Gasteiger partial charge is 0.0402 e. The third-order valence-corrected chi connectivity index (χ3v) is 5.91. The van der Waals surface area contributed by atoms with Crippen LogP contribution < -0.4 is 5.32 Å². The molecule has 100 valence electrons. The molecule has 0 fully saturated rings. The Morgan fingerprint density at radius 3 is 2.95 bits per heavy atom. The minimum Gasteiger partial charge on any atom is -0.303 e. The van der Waals surface area contributed by atoms with E-state index in [1.807, 2.05) is 11.3 Å². The first kappa shape index (κ1) is 13.3. The second kappa shape index (κ2) is 5.78. The first-order valence-electron chi connectivity index (χ1n) is 6.82. The van der Waals surface area contributed by atoms with Crippen LogP contribution in [0.3, 0.4) is 0 Å². The average molecular weight is 336 g/mol. The fourth-order valence-electron chi connectivity index (χ4n) is 2.92. The number of benzene rings is 1. The van der Waals surface area contributed by atoms with Gasteiger partial charge in [0.15, 0.2) is 0 Å².